The van der Waals surface area contributed by atoms with Crippen molar-refractivity contribution in [1.29, 1.82) is 0 Å². The zero-order chi connectivity index (χ0) is 13.1. The summed E-state index contributed by atoms with van der Waals surface area (Å²) in [5, 5.41) is 0. The summed E-state index contributed by atoms with van der Waals surface area (Å²) in [6, 6.07) is 15.5. The molecular weight excluding hydrogens is 337 g/mol. The number of rotatable bonds is 2. The first-order valence-corrected chi connectivity index (χ1v) is 6.77. The molecule has 18 heavy (non-hydrogen) atoms. The Morgan fingerprint density at radius 1 is 1.06 bits per heavy atom. The Bertz CT molecular complexity index is 563. The van der Waals surface area contributed by atoms with Gasteiger partial charge in [0.05, 0.1) is 5.69 Å². The van der Waals surface area contributed by atoms with Gasteiger partial charge in [-0.1, -0.05) is 29.8 Å². The van der Waals surface area contributed by atoms with Crippen molar-refractivity contribution >= 4 is 34.2 Å². The van der Waals surface area contributed by atoms with Crippen molar-refractivity contribution in [2.24, 2.45) is 0 Å². The van der Waals surface area contributed by atoms with Crippen LogP contribution in [0, 0.1) is 10.5 Å². The molecule has 0 aromatic heterocycles. The molecule has 0 heterocycles. The van der Waals surface area contributed by atoms with Crippen LogP contribution in [-0.2, 0) is 0 Å². The Labute approximate surface area is 121 Å². The van der Waals surface area contributed by atoms with Gasteiger partial charge < -0.3 is 4.90 Å². The number of aryl methyl sites for hydroxylation is 1. The van der Waals surface area contributed by atoms with Crippen molar-refractivity contribution in [3.8, 4) is 0 Å². The Morgan fingerprint density at radius 3 is 2.28 bits per heavy atom. The first kappa shape index (κ1) is 13.1. The number of anilines is 1. The minimum absolute atomic E-state index is 0.0131. The maximum Gasteiger partial charge on any atom is 0.258 e. The van der Waals surface area contributed by atoms with Crippen LogP contribution in [0.3, 0.4) is 0 Å². The number of hydrogen-bond donors (Lipinski definition) is 0. The van der Waals surface area contributed by atoms with E-state index in [-0.39, 0.29) is 5.91 Å². The van der Waals surface area contributed by atoms with Gasteiger partial charge in [0.2, 0.25) is 0 Å². The molecule has 2 nitrogen and oxygen atoms in total. The molecule has 3 heteroatoms. The highest BCUT2D eigenvalue weighted by Crippen LogP contribution is 2.22. The summed E-state index contributed by atoms with van der Waals surface area (Å²) in [5.41, 5.74) is 2.80. The molecule has 0 atom stereocenters. The van der Waals surface area contributed by atoms with E-state index in [0.717, 1.165) is 14.8 Å². The fourth-order valence-corrected chi connectivity index (χ4v) is 2.47. The number of carbonyl (C=O) groups is 1. The number of amides is 1. The third-order valence-corrected chi connectivity index (χ3v) is 3.73. The van der Waals surface area contributed by atoms with Crippen LogP contribution in [0.2, 0.25) is 0 Å². The molecule has 0 spiro atoms. The van der Waals surface area contributed by atoms with Gasteiger partial charge in [-0.3, -0.25) is 4.79 Å². The molecule has 2 aromatic carbocycles. The Kier molecular flexibility index (Phi) is 4.01. The smallest absolute Gasteiger partial charge is 0.258 e. The predicted octanol–water partition coefficient (Wildman–Crippen LogP) is 3.88. The van der Waals surface area contributed by atoms with Crippen LogP contribution in [0.25, 0.3) is 0 Å². The number of nitrogens with zero attached hydrogens (tertiary/aromatic N) is 1. The number of benzene rings is 2. The van der Waals surface area contributed by atoms with Crippen LogP contribution in [0.1, 0.15) is 15.9 Å². The van der Waals surface area contributed by atoms with Crippen LogP contribution in [0.15, 0.2) is 48.5 Å². The molecule has 0 N–H and O–H groups in total. The molecular formula is C15H14INO. The van der Waals surface area contributed by atoms with E-state index in [9.17, 15) is 4.79 Å². The van der Waals surface area contributed by atoms with Crippen LogP contribution in [0.4, 0.5) is 5.69 Å². The molecule has 0 saturated carbocycles. The zero-order valence-electron chi connectivity index (χ0n) is 10.4. The van der Waals surface area contributed by atoms with E-state index >= 15 is 0 Å². The van der Waals surface area contributed by atoms with Gasteiger partial charge in [0, 0.05) is 16.2 Å². The molecule has 0 saturated heterocycles. The number of hydrogen-bond acceptors (Lipinski definition) is 1. The monoisotopic (exact) mass is 351 g/mol. The fourth-order valence-electron chi connectivity index (χ4n) is 1.72. The van der Waals surface area contributed by atoms with E-state index in [0.29, 0.717) is 5.56 Å². The van der Waals surface area contributed by atoms with Crippen molar-refractivity contribution in [2.75, 3.05) is 11.9 Å². The third-order valence-electron chi connectivity index (χ3n) is 2.82. The quantitative estimate of drug-likeness (QED) is 0.752. The Balaban J connectivity index is 2.29. The fraction of sp³-hybridized carbons (Fsp3) is 0.133. The lowest BCUT2D eigenvalue weighted by Crippen LogP contribution is -2.26. The molecule has 0 unspecified atom stereocenters. The summed E-state index contributed by atoms with van der Waals surface area (Å²) in [5.74, 6) is 0.0131. The molecule has 92 valence electrons. The van der Waals surface area contributed by atoms with Crippen molar-refractivity contribution in [1.82, 2.24) is 0 Å². The van der Waals surface area contributed by atoms with E-state index in [1.807, 2.05) is 55.5 Å². The first-order valence-electron chi connectivity index (χ1n) is 5.69. The van der Waals surface area contributed by atoms with Gasteiger partial charge in [-0.2, -0.15) is 0 Å². The SMILES string of the molecule is Cc1ccc(C(=O)N(C)c2ccccc2I)cc1. The lowest BCUT2D eigenvalue weighted by molar-refractivity contribution is 0.0993. The normalized spacial score (nSPS) is 10.2. The van der Waals surface area contributed by atoms with Gasteiger partial charge in [0.15, 0.2) is 0 Å². The van der Waals surface area contributed by atoms with Gasteiger partial charge in [-0.25, -0.2) is 0 Å². The van der Waals surface area contributed by atoms with Gasteiger partial charge in [0.1, 0.15) is 0 Å². The molecule has 0 radical (unpaired) electrons. The van der Waals surface area contributed by atoms with Crippen LogP contribution in [-0.4, -0.2) is 13.0 Å². The van der Waals surface area contributed by atoms with E-state index in [1.54, 1.807) is 11.9 Å². The van der Waals surface area contributed by atoms with Crippen molar-refractivity contribution in [3.63, 3.8) is 0 Å². The topological polar surface area (TPSA) is 20.3 Å². The summed E-state index contributed by atoms with van der Waals surface area (Å²) >= 11 is 2.24. The predicted molar refractivity (Wildman–Crippen MR) is 83.1 cm³/mol. The molecule has 0 bridgehead atoms. The summed E-state index contributed by atoms with van der Waals surface area (Å²) in [6.07, 6.45) is 0. The third kappa shape index (κ3) is 2.72. The van der Waals surface area contributed by atoms with Crippen LogP contribution >= 0.6 is 22.6 Å². The van der Waals surface area contributed by atoms with Crippen molar-refractivity contribution in [3.05, 3.63) is 63.2 Å². The van der Waals surface area contributed by atoms with Gasteiger partial charge in [-0.05, 0) is 53.8 Å². The molecule has 0 fully saturated rings. The van der Waals surface area contributed by atoms with Gasteiger partial charge >= 0.3 is 0 Å². The molecule has 2 rings (SSSR count). The van der Waals surface area contributed by atoms with Gasteiger partial charge in [-0.15, -0.1) is 0 Å². The lowest BCUT2D eigenvalue weighted by Gasteiger charge is -2.18. The summed E-state index contributed by atoms with van der Waals surface area (Å²) in [7, 11) is 1.81. The first-order chi connectivity index (χ1) is 8.59. The van der Waals surface area contributed by atoms with E-state index in [4.69, 9.17) is 0 Å². The van der Waals surface area contributed by atoms with E-state index in [1.165, 1.54) is 0 Å². The Morgan fingerprint density at radius 2 is 1.67 bits per heavy atom. The standard InChI is InChI=1S/C15H14INO/c1-11-7-9-12(10-8-11)15(18)17(2)14-6-4-3-5-13(14)16/h3-10H,1-2H3. The highest BCUT2D eigenvalue weighted by molar-refractivity contribution is 14.1. The highest BCUT2D eigenvalue weighted by Gasteiger charge is 2.14. The zero-order valence-corrected chi connectivity index (χ0v) is 12.5. The van der Waals surface area contributed by atoms with Gasteiger partial charge in [0.25, 0.3) is 5.91 Å². The second-order valence-corrected chi connectivity index (χ2v) is 5.34. The maximum atomic E-state index is 12.3. The highest BCUT2D eigenvalue weighted by atomic mass is 127. The largest absolute Gasteiger partial charge is 0.310 e. The molecule has 0 aliphatic rings. The average molecular weight is 351 g/mol. The van der Waals surface area contributed by atoms with E-state index < -0.39 is 0 Å². The molecule has 2 aromatic rings. The Hall–Kier alpha value is -1.36. The second kappa shape index (κ2) is 5.52. The van der Waals surface area contributed by atoms with Crippen LogP contribution in [0.5, 0.6) is 0 Å². The number of carbonyl (C=O) groups excluding carboxylic acids is 1. The number of para-hydroxylation sites is 1. The summed E-state index contributed by atoms with van der Waals surface area (Å²) in [4.78, 5) is 14.0. The maximum absolute atomic E-state index is 12.3. The minimum Gasteiger partial charge on any atom is -0.310 e. The molecule has 1 amide bonds. The van der Waals surface area contributed by atoms with Crippen molar-refractivity contribution in [2.45, 2.75) is 6.92 Å². The molecule has 0 aliphatic carbocycles. The van der Waals surface area contributed by atoms with Crippen molar-refractivity contribution < 1.29 is 4.79 Å². The van der Waals surface area contributed by atoms with Crippen LogP contribution < -0.4 is 4.90 Å². The van der Waals surface area contributed by atoms with E-state index in [2.05, 4.69) is 22.6 Å². The average Bonchev–Trinajstić information content (AvgIpc) is 2.38. The summed E-state index contributed by atoms with van der Waals surface area (Å²) < 4.78 is 1.07. The number of halogens is 1. The summed E-state index contributed by atoms with van der Waals surface area (Å²) in [6.45, 7) is 2.01. The minimum atomic E-state index is 0.0131. The second-order valence-electron chi connectivity index (χ2n) is 4.18. The lowest BCUT2D eigenvalue weighted by atomic mass is 10.1. The molecule has 0 aliphatic heterocycles.